The summed E-state index contributed by atoms with van der Waals surface area (Å²) in [5.41, 5.74) is 1.44. The van der Waals surface area contributed by atoms with E-state index in [-0.39, 0.29) is 39.9 Å². The molecular formula is C27H19F2N5O3. The maximum atomic E-state index is 14.9. The van der Waals surface area contributed by atoms with Crippen LogP contribution in [0.5, 0.6) is 11.5 Å². The van der Waals surface area contributed by atoms with Gasteiger partial charge in [0, 0.05) is 48.9 Å². The van der Waals surface area contributed by atoms with E-state index in [2.05, 4.69) is 25.6 Å². The number of halogens is 2. The lowest BCUT2D eigenvalue weighted by Crippen LogP contribution is -2.10. The molecule has 5 aromatic rings. The third-order valence-electron chi connectivity index (χ3n) is 5.41. The maximum Gasteiger partial charge on any atom is 0.222 e. The van der Waals surface area contributed by atoms with Crippen molar-refractivity contribution in [3.63, 3.8) is 0 Å². The fraction of sp³-hybridized carbons (Fsp3) is 0.0370. The van der Waals surface area contributed by atoms with Gasteiger partial charge >= 0.3 is 0 Å². The van der Waals surface area contributed by atoms with Crippen molar-refractivity contribution >= 4 is 34.1 Å². The van der Waals surface area contributed by atoms with Gasteiger partial charge in [-0.1, -0.05) is 12.1 Å². The molecule has 10 heteroatoms. The van der Waals surface area contributed by atoms with E-state index in [1.807, 2.05) is 0 Å². The normalized spacial score (nSPS) is 10.8. The molecule has 0 saturated heterocycles. The largest absolute Gasteiger partial charge is 0.454 e. The van der Waals surface area contributed by atoms with E-state index in [0.29, 0.717) is 22.3 Å². The molecule has 3 N–H and O–H groups in total. The van der Waals surface area contributed by atoms with E-state index < -0.39 is 11.6 Å². The molecule has 0 unspecified atom stereocenters. The van der Waals surface area contributed by atoms with E-state index in [4.69, 9.17) is 4.74 Å². The fourth-order valence-corrected chi connectivity index (χ4v) is 3.75. The van der Waals surface area contributed by atoms with E-state index in [1.165, 1.54) is 67.8 Å². The van der Waals surface area contributed by atoms with Gasteiger partial charge in [0.05, 0.1) is 10.9 Å². The monoisotopic (exact) mass is 499 g/mol. The number of hydrogen-bond acceptors (Lipinski definition) is 6. The molecule has 0 fully saturated rings. The Bertz CT molecular complexity index is 1690. The standard InChI is InChI=1S/C27H19F2N5O3/c1-15(35)33-24-13-19(8-10-30-24)37-23-7-6-18(12-21(23)29)34-27-25-22(9-11-31-27)32-14-20(26(25)36)16-2-4-17(28)5-3-16/h2-14H,1H3,(H,31,34)(H,32,36)(H,30,33,35). The summed E-state index contributed by atoms with van der Waals surface area (Å²) in [6.45, 7) is 1.35. The van der Waals surface area contributed by atoms with Gasteiger partial charge in [-0.25, -0.2) is 18.7 Å². The van der Waals surface area contributed by atoms with Crippen molar-refractivity contribution in [2.75, 3.05) is 10.6 Å². The maximum absolute atomic E-state index is 14.9. The second kappa shape index (κ2) is 9.86. The van der Waals surface area contributed by atoms with Gasteiger partial charge in [0.2, 0.25) is 11.3 Å². The zero-order chi connectivity index (χ0) is 25.9. The first-order chi connectivity index (χ1) is 17.9. The first kappa shape index (κ1) is 23.6. The number of aromatic amines is 1. The van der Waals surface area contributed by atoms with E-state index in [1.54, 1.807) is 18.3 Å². The van der Waals surface area contributed by atoms with Crippen LogP contribution >= 0.6 is 0 Å². The number of hydrogen-bond donors (Lipinski definition) is 3. The number of fused-ring (bicyclic) bond motifs is 1. The summed E-state index contributed by atoms with van der Waals surface area (Å²) in [5, 5.41) is 5.80. The van der Waals surface area contributed by atoms with E-state index in [0.717, 1.165) is 0 Å². The summed E-state index contributed by atoms with van der Waals surface area (Å²) >= 11 is 0. The smallest absolute Gasteiger partial charge is 0.222 e. The molecule has 0 aliphatic rings. The van der Waals surface area contributed by atoms with Crippen molar-refractivity contribution < 1.29 is 18.3 Å². The summed E-state index contributed by atoms with van der Waals surface area (Å²) in [4.78, 5) is 35.9. The first-order valence-electron chi connectivity index (χ1n) is 11.1. The summed E-state index contributed by atoms with van der Waals surface area (Å²) in [6, 6.07) is 14.5. The van der Waals surface area contributed by atoms with Crippen molar-refractivity contribution in [1.82, 2.24) is 15.0 Å². The van der Waals surface area contributed by atoms with Gasteiger partial charge in [0.1, 0.15) is 23.2 Å². The first-order valence-corrected chi connectivity index (χ1v) is 11.1. The van der Waals surface area contributed by atoms with Crippen molar-refractivity contribution in [2.24, 2.45) is 0 Å². The van der Waals surface area contributed by atoms with Crippen LogP contribution in [0.2, 0.25) is 0 Å². The highest BCUT2D eigenvalue weighted by Gasteiger charge is 2.14. The lowest BCUT2D eigenvalue weighted by atomic mass is 10.0. The van der Waals surface area contributed by atoms with Crippen LogP contribution in [-0.2, 0) is 4.79 Å². The number of H-pyrrole nitrogens is 1. The van der Waals surface area contributed by atoms with Crippen LogP contribution < -0.4 is 20.8 Å². The van der Waals surface area contributed by atoms with Crippen LogP contribution in [0.15, 0.2) is 84.0 Å². The summed E-state index contributed by atoms with van der Waals surface area (Å²) in [7, 11) is 0. The molecule has 0 aliphatic heterocycles. The molecule has 0 aliphatic carbocycles. The van der Waals surface area contributed by atoms with E-state index in [9.17, 15) is 18.4 Å². The Hall–Kier alpha value is -5.12. The van der Waals surface area contributed by atoms with Crippen LogP contribution in [-0.4, -0.2) is 20.9 Å². The average molecular weight is 499 g/mol. The minimum absolute atomic E-state index is 0.0483. The minimum Gasteiger partial charge on any atom is -0.454 e. The van der Waals surface area contributed by atoms with Crippen LogP contribution in [0.25, 0.3) is 22.0 Å². The second-order valence-electron chi connectivity index (χ2n) is 8.05. The van der Waals surface area contributed by atoms with Gasteiger partial charge in [-0.15, -0.1) is 0 Å². The van der Waals surface area contributed by atoms with Crippen molar-refractivity contribution in [3.8, 4) is 22.6 Å². The van der Waals surface area contributed by atoms with Crippen LogP contribution in [0.4, 0.5) is 26.1 Å². The molecule has 2 aromatic carbocycles. The number of carbonyl (C=O) groups is 1. The zero-order valence-electron chi connectivity index (χ0n) is 19.4. The molecule has 0 saturated carbocycles. The molecule has 5 rings (SSSR count). The highest BCUT2D eigenvalue weighted by molar-refractivity contribution is 5.93. The molecule has 0 spiro atoms. The van der Waals surface area contributed by atoms with Gasteiger partial charge in [0.25, 0.3) is 0 Å². The summed E-state index contributed by atoms with van der Waals surface area (Å²) in [6.07, 6.45) is 4.50. The lowest BCUT2D eigenvalue weighted by molar-refractivity contribution is -0.114. The molecule has 37 heavy (non-hydrogen) atoms. The van der Waals surface area contributed by atoms with Crippen LogP contribution in [0.1, 0.15) is 6.92 Å². The predicted octanol–water partition coefficient (Wildman–Crippen LogP) is 5.76. The molecule has 184 valence electrons. The summed E-state index contributed by atoms with van der Waals surface area (Å²) in [5.74, 6) is -0.625. The van der Waals surface area contributed by atoms with Crippen LogP contribution in [0.3, 0.4) is 0 Å². The van der Waals surface area contributed by atoms with Gasteiger partial charge in [-0.05, 0) is 42.0 Å². The highest BCUT2D eigenvalue weighted by Crippen LogP contribution is 2.30. The Balaban J connectivity index is 1.44. The number of ether oxygens (including phenoxy) is 1. The zero-order valence-corrected chi connectivity index (χ0v) is 19.4. The Kier molecular flexibility index (Phi) is 6.29. The predicted molar refractivity (Wildman–Crippen MR) is 136 cm³/mol. The number of anilines is 3. The molecule has 3 aromatic heterocycles. The Labute approximate surface area is 209 Å². The Morgan fingerprint density at radius 1 is 0.973 bits per heavy atom. The molecule has 0 atom stereocenters. The minimum atomic E-state index is -0.663. The van der Waals surface area contributed by atoms with E-state index >= 15 is 0 Å². The molecule has 1 amide bonds. The SMILES string of the molecule is CC(=O)Nc1cc(Oc2ccc(Nc3nccc4[nH]cc(-c5ccc(F)cc5)c(=O)c34)cc2F)ccn1. The van der Waals surface area contributed by atoms with Gasteiger partial charge in [0.15, 0.2) is 11.6 Å². The number of rotatable bonds is 6. The average Bonchev–Trinajstić information content (AvgIpc) is 2.87. The van der Waals surface area contributed by atoms with Crippen LogP contribution in [0, 0.1) is 11.6 Å². The number of nitrogens with zero attached hydrogens (tertiary/aromatic N) is 2. The topological polar surface area (TPSA) is 109 Å². The van der Waals surface area contributed by atoms with Crippen molar-refractivity contribution in [3.05, 3.63) is 101 Å². The number of nitrogens with one attached hydrogen (secondary N) is 3. The fourth-order valence-electron chi connectivity index (χ4n) is 3.75. The molecule has 8 nitrogen and oxygen atoms in total. The number of pyridine rings is 3. The number of carbonyl (C=O) groups excluding carboxylic acids is 1. The Morgan fingerprint density at radius 3 is 2.51 bits per heavy atom. The number of amides is 1. The third-order valence-corrected chi connectivity index (χ3v) is 5.41. The molecule has 0 bridgehead atoms. The quantitative estimate of drug-likeness (QED) is 0.274. The molecule has 3 heterocycles. The number of benzene rings is 2. The molecule has 0 radical (unpaired) electrons. The van der Waals surface area contributed by atoms with Gasteiger partial charge in [-0.3, -0.25) is 9.59 Å². The van der Waals surface area contributed by atoms with Gasteiger partial charge in [-0.2, -0.15) is 0 Å². The molecular weight excluding hydrogens is 480 g/mol. The second-order valence-corrected chi connectivity index (χ2v) is 8.05. The Morgan fingerprint density at radius 2 is 1.76 bits per heavy atom. The van der Waals surface area contributed by atoms with Crippen molar-refractivity contribution in [2.45, 2.75) is 6.92 Å². The van der Waals surface area contributed by atoms with Crippen molar-refractivity contribution in [1.29, 1.82) is 0 Å². The third kappa shape index (κ3) is 5.13. The highest BCUT2D eigenvalue weighted by atomic mass is 19.1. The number of aromatic nitrogens is 3. The summed E-state index contributed by atoms with van der Waals surface area (Å²) < 4.78 is 33.8. The van der Waals surface area contributed by atoms with Gasteiger partial charge < -0.3 is 20.4 Å². The lowest BCUT2D eigenvalue weighted by Gasteiger charge is -2.12.